The lowest BCUT2D eigenvalue weighted by molar-refractivity contribution is 0.218. The molecule has 0 aromatic heterocycles. The molecule has 2 aliphatic heterocycles. The average molecular weight is 430 g/mol. The standard InChI is InChI=1S/C23H28FN3O2S/c1-29-17-7-4-6-16(14-17)21(27-11-2-3-12-27)15-25-23(28)26-20-10-13-30-22-18(20)8-5-9-19(22)24/h4-9,14,20-21H,2-3,10-13,15H2,1H3,(H2,25,26,28). The third-order valence-electron chi connectivity index (χ3n) is 5.85. The molecule has 30 heavy (non-hydrogen) atoms. The van der Waals surface area contributed by atoms with Gasteiger partial charge in [0.05, 0.1) is 19.2 Å². The number of carbonyl (C=O) groups is 1. The first-order chi connectivity index (χ1) is 14.7. The third-order valence-corrected chi connectivity index (χ3v) is 7.01. The number of methoxy groups -OCH3 is 1. The van der Waals surface area contributed by atoms with E-state index < -0.39 is 0 Å². The van der Waals surface area contributed by atoms with E-state index in [9.17, 15) is 9.18 Å². The number of ether oxygens (including phenoxy) is 1. The number of nitrogens with one attached hydrogen (secondary N) is 2. The topological polar surface area (TPSA) is 53.6 Å². The van der Waals surface area contributed by atoms with Gasteiger partial charge in [-0.3, -0.25) is 4.90 Å². The van der Waals surface area contributed by atoms with Gasteiger partial charge in [-0.2, -0.15) is 0 Å². The van der Waals surface area contributed by atoms with Crippen molar-refractivity contribution in [3.8, 4) is 5.75 Å². The summed E-state index contributed by atoms with van der Waals surface area (Å²) in [6, 6.07) is 12.8. The summed E-state index contributed by atoms with van der Waals surface area (Å²) >= 11 is 1.52. The summed E-state index contributed by atoms with van der Waals surface area (Å²) in [5.74, 6) is 1.40. The van der Waals surface area contributed by atoms with Crippen molar-refractivity contribution in [1.82, 2.24) is 15.5 Å². The molecule has 2 heterocycles. The van der Waals surface area contributed by atoms with Crippen molar-refractivity contribution in [2.24, 2.45) is 0 Å². The number of fused-ring (bicyclic) bond motifs is 1. The van der Waals surface area contributed by atoms with E-state index in [1.165, 1.54) is 30.7 Å². The molecule has 1 saturated heterocycles. The molecule has 2 N–H and O–H groups in total. The molecule has 2 atom stereocenters. The van der Waals surface area contributed by atoms with E-state index in [-0.39, 0.29) is 23.9 Å². The number of thioether (sulfide) groups is 1. The molecule has 2 aromatic rings. The lowest BCUT2D eigenvalue weighted by atomic mass is 10.0. The molecule has 4 rings (SSSR count). The fourth-order valence-electron chi connectivity index (χ4n) is 4.29. The highest BCUT2D eigenvalue weighted by Crippen LogP contribution is 2.37. The molecule has 0 spiro atoms. The van der Waals surface area contributed by atoms with Crippen LogP contribution >= 0.6 is 11.8 Å². The number of carbonyl (C=O) groups excluding carboxylic acids is 1. The van der Waals surface area contributed by atoms with E-state index in [2.05, 4.69) is 21.6 Å². The first kappa shape index (κ1) is 21.0. The maximum absolute atomic E-state index is 14.1. The lowest BCUT2D eigenvalue weighted by Gasteiger charge is -2.30. The Balaban J connectivity index is 1.43. The van der Waals surface area contributed by atoms with Crippen LogP contribution in [-0.4, -0.2) is 43.4 Å². The zero-order chi connectivity index (χ0) is 20.9. The van der Waals surface area contributed by atoms with E-state index in [0.717, 1.165) is 42.1 Å². The lowest BCUT2D eigenvalue weighted by Crippen LogP contribution is -2.43. The molecule has 7 heteroatoms. The van der Waals surface area contributed by atoms with Crippen LogP contribution in [0.1, 0.15) is 42.5 Å². The summed E-state index contributed by atoms with van der Waals surface area (Å²) in [5, 5.41) is 6.10. The van der Waals surface area contributed by atoms with Crippen LogP contribution < -0.4 is 15.4 Å². The molecule has 2 amide bonds. The van der Waals surface area contributed by atoms with Crippen molar-refractivity contribution >= 4 is 17.8 Å². The molecule has 1 fully saturated rings. The van der Waals surface area contributed by atoms with Gasteiger partial charge in [-0.05, 0) is 61.7 Å². The van der Waals surface area contributed by atoms with E-state index in [0.29, 0.717) is 11.4 Å². The van der Waals surface area contributed by atoms with Gasteiger partial charge in [-0.25, -0.2) is 9.18 Å². The summed E-state index contributed by atoms with van der Waals surface area (Å²) in [6.07, 6.45) is 3.14. The molecule has 160 valence electrons. The van der Waals surface area contributed by atoms with Gasteiger partial charge >= 0.3 is 6.03 Å². The number of benzene rings is 2. The summed E-state index contributed by atoms with van der Waals surface area (Å²) in [4.78, 5) is 15.8. The Morgan fingerprint density at radius 2 is 2.07 bits per heavy atom. The summed E-state index contributed by atoms with van der Waals surface area (Å²) in [5.41, 5.74) is 2.00. The van der Waals surface area contributed by atoms with Gasteiger partial charge < -0.3 is 15.4 Å². The molecule has 0 bridgehead atoms. The van der Waals surface area contributed by atoms with Crippen molar-refractivity contribution in [2.75, 3.05) is 32.5 Å². The van der Waals surface area contributed by atoms with Crippen LogP contribution in [0, 0.1) is 5.82 Å². The Bertz CT molecular complexity index is 889. The van der Waals surface area contributed by atoms with Crippen LogP contribution in [0.3, 0.4) is 0 Å². The van der Waals surface area contributed by atoms with Gasteiger partial charge in [-0.1, -0.05) is 24.3 Å². The molecule has 0 saturated carbocycles. The maximum Gasteiger partial charge on any atom is 0.315 e. The Kier molecular flexibility index (Phi) is 6.79. The quantitative estimate of drug-likeness (QED) is 0.710. The highest BCUT2D eigenvalue weighted by molar-refractivity contribution is 7.99. The molecular weight excluding hydrogens is 401 g/mol. The Hall–Kier alpha value is -2.25. The number of nitrogens with zero attached hydrogens (tertiary/aromatic N) is 1. The SMILES string of the molecule is COc1cccc(C(CNC(=O)NC2CCSc3c(F)cccc32)N2CCCC2)c1. The average Bonchev–Trinajstić information content (AvgIpc) is 3.29. The van der Waals surface area contributed by atoms with E-state index >= 15 is 0 Å². The molecule has 2 aliphatic rings. The van der Waals surface area contributed by atoms with Gasteiger partial charge in [0.15, 0.2) is 0 Å². The van der Waals surface area contributed by atoms with Crippen LogP contribution in [0.4, 0.5) is 9.18 Å². The van der Waals surface area contributed by atoms with Gasteiger partial charge in [0.25, 0.3) is 0 Å². The second-order valence-electron chi connectivity index (χ2n) is 7.74. The number of urea groups is 1. The van der Waals surface area contributed by atoms with Gasteiger partial charge in [0.2, 0.25) is 0 Å². The number of hydrogen-bond donors (Lipinski definition) is 2. The number of halogens is 1. The van der Waals surface area contributed by atoms with Gasteiger partial charge in [0.1, 0.15) is 11.6 Å². The molecule has 0 aliphatic carbocycles. The largest absolute Gasteiger partial charge is 0.497 e. The second kappa shape index (κ2) is 9.71. The third kappa shape index (κ3) is 4.73. The minimum absolute atomic E-state index is 0.0972. The molecular formula is C23H28FN3O2S. The maximum atomic E-state index is 14.1. The zero-order valence-corrected chi connectivity index (χ0v) is 18.0. The van der Waals surface area contributed by atoms with Crippen LogP contribution in [-0.2, 0) is 0 Å². The fourth-order valence-corrected chi connectivity index (χ4v) is 5.44. The summed E-state index contributed by atoms with van der Waals surface area (Å²) in [7, 11) is 1.67. The zero-order valence-electron chi connectivity index (χ0n) is 17.2. The number of amides is 2. The highest BCUT2D eigenvalue weighted by Gasteiger charge is 2.27. The van der Waals surface area contributed by atoms with Crippen molar-refractivity contribution in [1.29, 1.82) is 0 Å². The van der Waals surface area contributed by atoms with E-state index in [1.807, 2.05) is 24.3 Å². The molecule has 5 nitrogen and oxygen atoms in total. The van der Waals surface area contributed by atoms with Gasteiger partial charge in [-0.15, -0.1) is 11.8 Å². The summed E-state index contributed by atoms with van der Waals surface area (Å²) in [6.45, 7) is 2.56. The number of rotatable bonds is 6. The number of hydrogen-bond acceptors (Lipinski definition) is 4. The smallest absolute Gasteiger partial charge is 0.315 e. The van der Waals surface area contributed by atoms with E-state index in [1.54, 1.807) is 13.2 Å². The van der Waals surface area contributed by atoms with Crippen molar-refractivity contribution in [3.63, 3.8) is 0 Å². The van der Waals surface area contributed by atoms with Crippen LogP contribution in [0.15, 0.2) is 47.4 Å². The second-order valence-corrected chi connectivity index (χ2v) is 8.84. The molecule has 0 radical (unpaired) electrons. The predicted molar refractivity (Wildman–Crippen MR) is 118 cm³/mol. The Morgan fingerprint density at radius 1 is 1.27 bits per heavy atom. The Labute approximate surface area is 181 Å². The first-order valence-corrected chi connectivity index (χ1v) is 11.5. The Morgan fingerprint density at radius 3 is 2.87 bits per heavy atom. The van der Waals surface area contributed by atoms with Crippen LogP contribution in [0.5, 0.6) is 5.75 Å². The fraction of sp³-hybridized carbons (Fsp3) is 0.435. The van der Waals surface area contributed by atoms with Crippen molar-refractivity contribution in [3.05, 3.63) is 59.4 Å². The minimum Gasteiger partial charge on any atom is -0.497 e. The molecule has 2 unspecified atom stereocenters. The monoisotopic (exact) mass is 429 g/mol. The van der Waals surface area contributed by atoms with Gasteiger partial charge in [0, 0.05) is 17.2 Å². The summed E-state index contributed by atoms with van der Waals surface area (Å²) < 4.78 is 19.5. The molecule has 2 aromatic carbocycles. The normalized spacial score (nSPS) is 19.7. The van der Waals surface area contributed by atoms with Crippen LogP contribution in [0.2, 0.25) is 0 Å². The number of likely N-dealkylation sites (tertiary alicyclic amines) is 1. The first-order valence-electron chi connectivity index (χ1n) is 10.5. The minimum atomic E-state index is -0.214. The van der Waals surface area contributed by atoms with Crippen molar-refractivity contribution in [2.45, 2.75) is 36.2 Å². The van der Waals surface area contributed by atoms with E-state index in [4.69, 9.17) is 4.74 Å². The van der Waals surface area contributed by atoms with Crippen molar-refractivity contribution < 1.29 is 13.9 Å². The highest BCUT2D eigenvalue weighted by atomic mass is 32.2. The predicted octanol–water partition coefficient (Wildman–Crippen LogP) is 4.51. The van der Waals surface area contributed by atoms with Crippen LogP contribution in [0.25, 0.3) is 0 Å².